The Morgan fingerprint density at radius 2 is 2.35 bits per heavy atom. The van der Waals surface area contributed by atoms with Crippen LogP contribution in [0.25, 0.3) is 0 Å². The Kier molecular flexibility index (Phi) is 5.44. The number of halogens is 1. The molecule has 1 rings (SSSR count). The fourth-order valence-corrected chi connectivity index (χ4v) is 1.21. The molecule has 0 atom stereocenters. The molecule has 0 aliphatic heterocycles. The highest BCUT2D eigenvalue weighted by atomic mass is 35.5. The van der Waals surface area contributed by atoms with Crippen molar-refractivity contribution in [1.82, 2.24) is 15.3 Å². The summed E-state index contributed by atoms with van der Waals surface area (Å²) in [6.07, 6.45) is 2.29. The van der Waals surface area contributed by atoms with Crippen molar-refractivity contribution in [2.75, 3.05) is 23.8 Å². The van der Waals surface area contributed by atoms with E-state index in [4.69, 9.17) is 17.4 Å². The zero-order chi connectivity index (χ0) is 12.7. The Labute approximate surface area is 104 Å². The largest absolute Gasteiger partial charge is 0.360 e. The minimum Gasteiger partial charge on any atom is -0.360 e. The number of nitrogen functional groups attached to an aromatic ring is 1. The molecule has 94 valence electrons. The highest BCUT2D eigenvalue weighted by Crippen LogP contribution is 2.18. The molecule has 0 saturated heterocycles. The van der Waals surface area contributed by atoms with Crippen molar-refractivity contribution in [2.45, 2.75) is 13.3 Å². The summed E-state index contributed by atoms with van der Waals surface area (Å²) in [7, 11) is 0. The first-order chi connectivity index (χ1) is 8.17. The molecule has 1 heterocycles. The predicted molar refractivity (Wildman–Crippen MR) is 66.6 cm³/mol. The van der Waals surface area contributed by atoms with Crippen LogP contribution in [0.2, 0.25) is 5.02 Å². The minimum atomic E-state index is -0.121. The normalized spacial score (nSPS) is 9.82. The highest BCUT2D eigenvalue weighted by molar-refractivity contribution is 6.32. The summed E-state index contributed by atoms with van der Waals surface area (Å²) in [5, 5.41) is 5.85. The van der Waals surface area contributed by atoms with Gasteiger partial charge in [0.05, 0.1) is 12.7 Å². The Morgan fingerprint density at radius 3 is 3.00 bits per heavy atom. The lowest BCUT2D eigenvalue weighted by molar-refractivity contribution is -0.119. The summed E-state index contributed by atoms with van der Waals surface area (Å²) in [6.45, 7) is 2.72. The summed E-state index contributed by atoms with van der Waals surface area (Å²) < 4.78 is 0. The van der Waals surface area contributed by atoms with E-state index in [0.717, 1.165) is 6.42 Å². The maximum atomic E-state index is 11.3. The quantitative estimate of drug-likeness (QED) is 0.434. The summed E-state index contributed by atoms with van der Waals surface area (Å²) in [4.78, 5) is 19.1. The van der Waals surface area contributed by atoms with Gasteiger partial charge in [0.1, 0.15) is 5.02 Å². The summed E-state index contributed by atoms with van der Waals surface area (Å²) in [6, 6.07) is 0. The number of hydrazine groups is 1. The number of amides is 1. The number of carbonyl (C=O) groups excluding carboxylic acids is 1. The van der Waals surface area contributed by atoms with Crippen LogP contribution in [0.15, 0.2) is 6.20 Å². The van der Waals surface area contributed by atoms with E-state index in [1.54, 1.807) is 0 Å². The van der Waals surface area contributed by atoms with Crippen molar-refractivity contribution in [2.24, 2.45) is 5.84 Å². The van der Waals surface area contributed by atoms with Gasteiger partial charge in [0.25, 0.3) is 0 Å². The number of anilines is 2. The van der Waals surface area contributed by atoms with Gasteiger partial charge in [-0.25, -0.2) is 10.8 Å². The Hall–Kier alpha value is -1.60. The van der Waals surface area contributed by atoms with Crippen LogP contribution in [-0.4, -0.2) is 29.0 Å². The van der Waals surface area contributed by atoms with Crippen LogP contribution in [0.3, 0.4) is 0 Å². The lowest BCUT2D eigenvalue weighted by Crippen LogP contribution is -2.30. The predicted octanol–water partition coefficient (Wildman–Crippen LogP) is 0.354. The Morgan fingerprint density at radius 1 is 1.59 bits per heavy atom. The summed E-state index contributed by atoms with van der Waals surface area (Å²) in [5.41, 5.74) is 2.30. The van der Waals surface area contributed by atoms with Crippen LogP contribution in [0.5, 0.6) is 0 Å². The molecule has 1 aromatic heterocycles. The minimum absolute atomic E-state index is 0.0980. The number of rotatable bonds is 6. The van der Waals surface area contributed by atoms with Gasteiger partial charge < -0.3 is 10.6 Å². The number of aromatic nitrogens is 2. The van der Waals surface area contributed by atoms with Crippen LogP contribution in [0, 0.1) is 0 Å². The van der Waals surface area contributed by atoms with E-state index in [-0.39, 0.29) is 18.4 Å². The van der Waals surface area contributed by atoms with Crippen molar-refractivity contribution >= 4 is 29.3 Å². The van der Waals surface area contributed by atoms with Gasteiger partial charge in [-0.1, -0.05) is 18.5 Å². The number of nitrogens with one attached hydrogen (secondary N) is 3. The molecule has 0 spiro atoms. The number of carbonyl (C=O) groups is 1. The fourth-order valence-electron chi connectivity index (χ4n) is 1.05. The molecule has 8 heteroatoms. The molecule has 0 fully saturated rings. The molecule has 0 aliphatic carbocycles. The van der Waals surface area contributed by atoms with Crippen molar-refractivity contribution in [1.29, 1.82) is 0 Å². The van der Waals surface area contributed by atoms with E-state index < -0.39 is 0 Å². The van der Waals surface area contributed by atoms with E-state index in [0.29, 0.717) is 17.4 Å². The second-order valence-corrected chi connectivity index (χ2v) is 3.65. The molecule has 0 aliphatic rings. The van der Waals surface area contributed by atoms with Gasteiger partial charge in [-0.15, -0.1) is 0 Å². The number of nitrogens with two attached hydrogens (primary N) is 1. The Bertz CT molecular complexity index is 386. The van der Waals surface area contributed by atoms with Gasteiger partial charge in [-0.05, 0) is 6.42 Å². The molecule has 0 bridgehead atoms. The van der Waals surface area contributed by atoms with Crippen molar-refractivity contribution in [3.8, 4) is 0 Å². The van der Waals surface area contributed by atoms with Crippen LogP contribution in [-0.2, 0) is 4.79 Å². The molecule has 7 nitrogen and oxygen atoms in total. The molecule has 0 aromatic carbocycles. The molecular formula is C9H15ClN6O. The van der Waals surface area contributed by atoms with Gasteiger partial charge in [0.2, 0.25) is 11.9 Å². The first kappa shape index (κ1) is 13.5. The van der Waals surface area contributed by atoms with Crippen LogP contribution < -0.4 is 21.9 Å². The maximum absolute atomic E-state index is 11.3. The van der Waals surface area contributed by atoms with Gasteiger partial charge in [-0.3, -0.25) is 10.2 Å². The molecule has 1 aromatic rings. The highest BCUT2D eigenvalue weighted by Gasteiger charge is 2.06. The molecule has 5 N–H and O–H groups in total. The number of nitrogens with zero attached hydrogens (tertiary/aromatic N) is 2. The maximum Gasteiger partial charge on any atom is 0.239 e. The van der Waals surface area contributed by atoms with Gasteiger partial charge in [0, 0.05) is 6.54 Å². The van der Waals surface area contributed by atoms with Crippen LogP contribution in [0.1, 0.15) is 13.3 Å². The van der Waals surface area contributed by atoms with E-state index in [1.165, 1.54) is 6.20 Å². The Balaban J connectivity index is 2.53. The third kappa shape index (κ3) is 4.41. The third-order valence-corrected chi connectivity index (χ3v) is 2.14. The van der Waals surface area contributed by atoms with Crippen molar-refractivity contribution in [3.05, 3.63) is 11.2 Å². The molecule has 1 amide bonds. The smallest absolute Gasteiger partial charge is 0.239 e. The molecule has 0 radical (unpaired) electrons. The topological polar surface area (TPSA) is 105 Å². The van der Waals surface area contributed by atoms with E-state index in [9.17, 15) is 4.79 Å². The first-order valence-electron chi connectivity index (χ1n) is 5.17. The van der Waals surface area contributed by atoms with Gasteiger partial charge in [-0.2, -0.15) is 4.98 Å². The summed E-state index contributed by atoms with van der Waals surface area (Å²) >= 11 is 5.85. The zero-order valence-corrected chi connectivity index (χ0v) is 10.2. The fraction of sp³-hybridized carbons (Fsp3) is 0.444. The molecule has 0 saturated carbocycles. The lowest BCUT2D eigenvalue weighted by atomic mass is 10.4. The first-order valence-corrected chi connectivity index (χ1v) is 5.55. The molecule has 17 heavy (non-hydrogen) atoms. The molecular weight excluding hydrogens is 244 g/mol. The van der Waals surface area contributed by atoms with Crippen molar-refractivity contribution < 1.29 is 4.79 Å². The van der Waals surface area contributed by atoms with E-state index in [1.807, 2.05) is 6.92 Å². The third-order valence-electron chi connectivity index (χ3n) is 1.86. The average Bonchev–Trinajstić information content (AvgIpc) is 2.35. The molecule has 0 unspecified atom stereocenters. The second kappa shape index (κ2) is 6.87. The standard InChI is InChI=1S/C9H15ClN6O/c1-2-3-12-7(17)5-13-8-6(10)4-14-9(15-8)16-11/h4H,2-3,5,11H2,1H3,(H,12,17)(H2,13,14,15,16). The number of hydrogen-bond acceptors (Lipinski definition) is 6. The average molecular weight is 259 g/mol. The van der Waals surface area contributed by atoms with Crippen molar-refractivity contribution in [3.63, 3.8) is 0 Å². The number of hydrogen-bond donors (Lipinski definition) is 4. The summed E-state index contributed by atoms with van der Waals surface area (Å²) in [5.74, 6) is 5.63. The lowest BCUT2D eigenvalue weighted by Gasteiger charge is -2.08. The zero-order valence-electron chi connectivity index (χ0n) is 9.46. The SMILES string of the molecule is CCCNC(=O)CNc1nc(NN)ncc1Cl. The van der Waals surface area contributed by atoms with Gasteiger partial charge >= 0.3 is 0 Å². The monoisotopic (exact) mass is 258 g/mol. The second-order valence-electron chi connectivity index (χ2n) is 3.24. The van der Waals surface area contributed by atoms with Crippen LogP contribution in [0.4, 0.5) is 11.8 Å². The van der Waals surface area contributed by atoms with E-state index in [2.05, 4.69) is 26.0 Å². The van der Waals surface area contributed by atoms with Crippen LogP contribution >= 0.6 is 11.6 Å². The van der Waals surface area contributed by atoms with Gasteiger partial charge in [0.15, 0.2) is 5.82 Å². The van der Waals surface area contributed by atoms with E-state index >= 15 is 0 Å².